The number of aliphatic hydroxyl groups is 1. The molecule has 1 amide bonds. The summed E-state index contributed by atoms with van der Waals surface area (Å²) in [7, 11) is 3.78. The van der Waals surface area contributed by atoms with Crippen LogP contribution in [0.5, 0.6) is 5.75 Å². The summed E-state index contributed by atoms with van der Waals surface area (Å²) in [6, 6.07) is 13.3. The summed E-state index contributed by atoms with van der Waals surface area (Å²) in [5.41, 5.74) is 1.78. The lowest BCUT2D eigenvalue weighted by molar-refractivity contribution is -0.122. The summed E-state index contributed by atoms with van der Waals surface area (Å²) in [4.78, 5) is 15.1. The SMILES string of the molecule is COc1cccc([C@@]23CCN(C)C[C@H]2C(O)C[C@H](NC(=O)Cc2ccc(Cl)c(Cl)c2)C3)c1. The van der Waals surface area contributed by atoms with E-state index in [0.29, 0.717) is 16.5 Å². The van der Waals surface area contributed by atoms with Crippen molar-refractivity contribution in [3.05, 3.63) is 63.6 Å². The molecule has 2 N–H and O–H groups in total. The predicted molar refractivity (Wildman–Crippen MR) is 128 cm³/mol. The molecule has 5 nitrogen and oxygen atoms in total. The Hall–Kier alpha value is -1.79. The molecule has 0 aromatic heterocycles. The highest BCUT2D eigenvalue weighted by molar-refractivity contribution is 6.42. The summed E-state index contributed by atoms with van der Waals surface area (Å²) in [5.74, 6) is 0.846. The number of nitrogens with zero attached hydrogens (tertiary/aromatic N) is 1. The summed E-state index contributed by atoms with van der Waals surface area (Å²) in [6.07, 6.45) is 2.01. The van der Waals surface area contributed by atoms with Gasteiger partial charge in [0.25, 0.3) is 0 Å². The van der Waals surface area contributed by atoms with Gasteiger partial charge >= 0.3 is 0 Å². The number of hydrogen-bond acceptors (Lipinski definition) is 4. The lowest BCUT2D eigenvalue weighted by Gasteiger charge is -2.54. The summed E-state index contributed by atoms with van der Waals surface area (Å²) >= 11 is 12.1. The molecule has 4 rings (SSSR count). The standard InChI is InChI=1S/C25H30Cl2N2O3/c1-29-9-8-25(17-4-3-5-19(12-17)32-2)14-18(13-23(30)20(25)15-29)28-24(31)11-16-6-7-21(26)22(27)10-16/h3-7,10,12,18,20,23,30H,8-9,11,13-15H2,1-2H3,(H,28,31)/t18-,20-,23?,25-/m0/s1. The van der Waals surface area contributed by atoms with E-state index in [9.17, 15) is 9.90 Å². The van der Waals surface area contributed by atoms with E-state index >= 15 is 0 Å². The molecule has 7 heteroatoms. The molecule has 2 aromatic rings. The van der Waals surface area contributed by atoms with Crippen LogP contribution in [-0.4, -0.2) is 55.3 Å². The second-order valence-corrected chi connectivity index (χ2v) is 10.0. The molecule has 1 heterocycles. The Morgan fingerprint density at radius 2 is 2.06 bits per heavy atom. The number of hydrogen-bond donors (Lipinski definition) is 2. The maximum Gasteiger partial charge on any atom is 0.224 e. The third kappa shape index (κ3) is 4.76. The van der Waals surface area contributed by atoms with Crippen molar-refractivity contribution in [3.8, 4) is 5.75 Å². The van der Waals surface area contributed by atoms with Crippen LogP contribution in [0.2, 0.25) is 10.0 Å². The van der Waals surface area contributed by atoms with Crippen LogP contribution in [-0.2, 0) is 16.6 Å². The van der Waals surface area contributed by atoms with Crippen molar-refractivity contribution in [3.63, 3.8) is 0 Å². The van der Waals surface area contributed by atoms with Gasteiger partial charge < -0.3 is 20.1 Å². The van der Waals surface area contributed by atoms with Gasteiger partial charge in [-0.15, -0.1) is 0 Å². The lowest BCUT2D eigenvalue weighted by atomic mass is 9.57. The number of ether oxygens (including phenoxy) is 1. The van der Waals surface area contributed by atoms with Crippen LogP contribution in [0.4, 0.5) is 0 Å². The Morgan fingerprint density at radius 3 is 2.81 bits per heavy atom. The number of carbonyl (C=O) groups is 1. The minimum Gasteiger partial charge on any atom is -0.497 e. The van der Waals surface area contributed by atoms with Gasteiger partial charge in [0.2, 0.25) is 5.91 Å². The van der Waals surface area contributed by atoms with Crippen molar-refractivity contribution in [1.82, 2.24) is 10.2 Å². The number of methoxy groups -OCH3 is 1. The van der Waals surface area contributed by atoms with Crippen LogP contribution in [0, 0.1) is 5.92 Å². The third-order valence-electron chi connectivity index (χ3n) is 7.12. The highest BCUT2D eigenvalue weighted by atomic mass is 35.5. The fraction of sp³-hybridized carbons (Fsp3) is 0.480. The normalized spacial score (nSPS) is 28.1. The Bertz CT molecular complexity index is 985. The molecule has 1 saturated heterocycles. The van der Waals surface area contributed by atoms with Crippen LogP contribution in [0.25, 0.3) is 0 Å². The molecule has 2 aromatic carbocycles. The number of fused-ring (bicyclic) bond motifs is 1. The fourth-order valence-corrected chi connectivity index (χ4v) is 5.85. The highest BCUT2D eigenvalue weighted by Gasteiger charge is 2.51. The van der Waals surface area contributed by atoms with Crippen molar-refractivity contribution in [2.24, 2.45) is 5.92 Å². The van der Waals surface area contributed by atoms with Gasteiger partial charge in [0.05, 0.1) is 29.7 Å². The van der Waals surface area contributed by atoms with Crippen LogP contribution in [0.1, 0.15) is 30.4 Å². The number of rotatable bonds is 5. The predicted octanol–water partition coefficient (Wildman–Crippen LogP) is 4.07. The van der Waals surface area contributed by atoms with Gasteiger partial charge in [-0.1, -0.05) is 41.4 Å². The number of benzene rings is 2. The van der Waals surface area contributed by atoms with E-state index in [4.69, 9.17) is 27.9 Å². The Morgan fingerprint density at radius 1 is 1.25 bits per heavy atom. The van der Waals surface area contributed by atoms with Crippen LogP contribution < -0.4 is 10.1 Å². The molecule has 0 spiro atoms. The van der Waals surface area contributed by atoms with Gasteiger partial charge in [-0.2, -0.15) is 0 Å². The number of likely N-dealkylation sites (tertiary alicyclic amines) is 1. The zero-order valence-electron chi connectivity index (χ0n) is 18.5. The molecule has 0 bridgehead atoms. The minimum atomic E-state index is -0.493. The van der Waals surface area contributed by atoms with Crippen molar-refractivity contribution >= 4 is 29.1 Å². The maximum atomic E-state index is 12.8. The maximum absolute atomic E-state index is 12.8. The van der Waals surface area contributed by atoms with Crippen molar-refractivity contribution in [2.75, 3.05) is 27.2 Å². The van der Waals surface area contributed by atoms with Gasteiger partial charge in [-0.3, -0.25) is 4.79 Å². The first kappa shape index (κ1) is 23.4. The van der Waals surface area contributed by atoms with E-state index in [0.717, 1.165) is 37.2 Å². The van der Waals surface area contributed by atoms with E-state index in [1.165, 1.54) is 5.56 Å². The third-order valence-corrected chi connectivity index (χ3v) is 7.86. The summed E-state index contributed by atoms with van der Waals surface area (Å²) < 4.78 is 5.48. The number of piperidine rings is 1. The lowest BCUT2D eigenvalue weighted by Crippen LogP contribution is -2.60. The van der Waals surface area contributed by atoms with Gasteiger partial charge in [0.15, 0.2) is 0 Å². The van der Waals surface area contributed by atoms with E-state index in [-0.39, 0.29) is 29.7 Å². The fourth-order valence-electron chi connectivity index (χ4n) is 5.53. The monoisotopic (exact) mass is 476 g/mol. The Kier molecular flexibility index (Phi) is 7.01. The average Bonchev–Trinajstić information content (AvgIpc) is 2.77. The molecule has 1 saturated carbocycles. The molecule has 2 fully saturated rings. The number of aliphatic hydroxyl groups excluding tert-OH is 1. The zero-order chi connectivity index (χ0) is 22.9. The molecule has 2 aliphatic rings. The van der Waals surface area contributed by atoms with Gasteiger partial charge in [-0.25, -0.2) is 0 Å². The summed E-state index contributed by atoms with van der Waals surface area (Å²) in [6.45, 7) is 1.78. The quantitative estimate of drug-likeness (QED) is 0.682. The zero-order valence-corrected chi connectivity index (χ0v) is 20.0. The van der Waals surface area contributed by atoms with E-state index < -0.39 is 6.10 Å². The molecule has 172 valence electrons. The van der Waals surface area contributed by atoms with Gasteiger partial charge in [0.1, 0.15) is 5.75 Å². The van der Waals surface area contributed by atoms with Gasteiger partial charge in [-0.05, 0) is 68.2 Å². The van der Waals surface area contributed by atoms with Crippen LogP contribution in [0.3, 0.4) is 0 Å². The first-order chi connectivity index (χ1) is 15.3. The molecule has 0 radical (unpaired) electrons. The molecular formula is C25H30Cl2N2O3. The molecule has 1 unspecified atom stereocenters. The topological polar surface area (TPSA) is 61.8 Å². The smallest absolute Gasteiger partial charge is 0.224 e. The average molecular weight is 477 g/mol. The van der Waals surface area contributed by atoms with Crippen LogP contribution in [0.15, 0.2) is 42.5 Å². The first-order valence-electron chi connectivity index (χ1n) is 11.0. The van der Waals surface area contributed by atoms with E-state index in [2.05, 4.69) is 29.4 Å². The molecule has 4 atom stereocenters. The second-order valence-electron chi connectivity index (χ2n) is 9.20. The number of carbonyl (C=O) groups excluding carboxylic acids is 1. The molecular weight excluding hydrogens is 447 g/mol. The Labute approximate surface area is 199 Å². The largest absolute Gasteiger partial charge is 0.497 e. The second kappa shape index (κ2) is 9.60. The van der Waals surface area contributed by atoms with Crippen molar-refractivity contribution < 1.29 is 14.6 Å². The molecule has 1 aliphatic heterocycles. The highest BCUT2D eigenvalue weighted by Crippen LogP contribution is 2.49. The van der Waals surface area contributed by atoms with Crippen molar-refractivity contribution in [2.45, 2.75) is 43.2 Å². The molecule has 1 aliphatic carbocycles. The number of nitrogens with one attached hydrogen (secondary N) is 1. The van der Waals surface area contributed by atoms with Crippen LogP contribution >= 0.6 is 23.2 Å². The molecule has 32 heavy (non-hydrogen) atoms. The van der Waals surface area contributed by atoms with E-state index in [1.807, 2.05) is 18.2 Å². The van der Waals surface area contributed by atoms with Gasteiger partial charge in [0, 0.05) is 23.9 Å². The number of halogens is 2. The van der Waals surface area contributed by atoms with E-state index in [1.54, 1.807) is 19.2 Å². The number of amides is 1. The summed E-state index contributed by atoms with van der Waals surface area (Å²) in [5, 5.41) is 15.3. The Balaban J connectivity index is 1.56. The first-order valence-corrected chi connectivity index (χ1v) is 11.8. The minimum absolute atomic E-state index is 0.0761. The van der Waals surface area contributed by atoms with Crippen molar-refractivity contribution in [1.29, 1.82) is 0 Å².